The maximum absolute atomic E-state index is 12.7. The number of rotatable bonds is 6. The maximum Gasteiger partial charge on any atom is 0.339 e. The highest BCUT2D eigenvalue weighted by atomic mass is 32.2. The van der Waals surface area contributed by atoms with Crippen molar-refractivity contribution >= 4 is 33.2 Å². The molecule has 156 valence electrons. The van der Waals surface area contributed by atoms with Crippen molar-refractivity contribution in [1.82, 2.24) is 4.98 Å². The van der Waals surface area contributed by atoms with Crippen LogP contribution in [0.4, 0.5) is 0 Å². The van der Waals surface area contributed by atoms with Gasteiger partial charge in [-0.05, 0) is 54.4 Å². The van der Waals surface area contributed by atoms with Crippen molar-refractivity contribution < 1.29 is 17.3 Å². The zero-order valence-corrected chi connectivity index (χ0v) is 18.0. The first-order valence-electron chi connectivity index (χ1n) is 9.67. The topological polar surface area (TPSA) is 65.5 Å². The van der Waals surface area contributed by atoms with Crippen molar-refractivity contribution in [2.24, 2.45) is 0 Å². The summed E-state index contributed by atoms with van der Waals surface area (Å²) in [4.78, 5) is 4.47. The lowest BCUT2D eigenvalue weighted by atomic mass is 10.1. The summed E-state index contributed by atoms with van der Waals surface area (Å²) in [6.45, 7) is 1.90. The van der Waals surface area contributed by atoms with Gasteiger partial charge in [0.25, 0.3) is 0 Å². The van der Waals surface area contributed by atoms with Crippen molar-refractivity contribution in [3.8, 4) is 11.5 Å². The third-order valence-corrected chi connectivity index (χ3v) is 6.10. The molecule has 3 aromatic carbocycles. The van der Waals surface area contributed by atoms with Crippen LogP contribution >= 0.6 is 0 Å². The van der Waals surface area contributed by atoms with Gasteiger partial charge in [0.15, 0.2) is 5.75 Å². The first-order valence-corrected chi connectivity index (χ1v) is 11.1. The molecular formula is C25H21NO4S. The Balaban J connectivity index is 1.67. The average molecular weight is 432 g/mol. The van der Waals surface area contributed by atoms with Gasteiger partial charge in [-0.2, -0.15) is 8.42 Å². The standard InChI is InChI=1S/C25H21NO4S/c1-18-6-14-22(15-7-18)31(27,28)30-24-5-3-4-23-20(16-17-26-25(23)24)11-8-19-9-12-21(29-2)13-10-19/h3-17H,1-2H3/b11-8+. The lowest BCUT2D eigenvalue weighted by Gasteiger charge is -2.10. The van der Waals surface area contributed by atoms with E-state index in [0.29, 0.717) is 5.52 Å². The molecule has 0 unspecified atom stereocenters. The van der Waals surface area contributed by atoms with Gasteiger partial charge in [-0.15, -0.1) is 0 Å². The Morgan fingerprint density at radius 2 is 1.61 bits per heavy atom. The highest BCUT2D eigenvalue weighted by Crippen LogP contribution is 2.29. The molecule has 31 heavy (non-hydrogen) atoms. The van der Waals surface area contributed by atoms with Gasteiger partial charge in [0.2, 0.25) is 0 Å². The van der Waals surface area contributed by atoms with E-state index in [9.17, 15) is 8.42 Å². The van der Waals surface area contributed by atoms with E-state index >= 15 is 0 Å². The van der Waals surface area contributed by atoms with Gasteiger partial charge in [-0.25, -0.2) is 0 Å². The molecule has 1 aromatic heterocycles. The van der Waals surface area contributed by atoms with Crippen molar-refractivity contribution in [1.29, 1.82) is 0 Å². The summed E-state index contributed by atoms with van der Waals surface area (Å²) in [5.41, 5.74) is 3.37. The van der Waals surface area contributed by atoms with Crippen LogP contribution < -0.4 is 8.92 Å². The predicted octanol–water partition coefficient (Wildman–Crippen LogP) is 5.49. The lowest BCUT2D eigenvalue weighted by Crippen LogP contribution is -2.10. The monoisotopic (exact) mass is 431 g/mol. The van der Waals surface area contributed by atoms with Gasteiger partial charge in [-0.3, -0.25) is 4.98 Å². The van der Waals surface area contributed by atoms with Crippen molar-refractivity contribution in [2.75, 3.05) is 7.11 Å². The van der Waals surface area contributed by atoms with E-state index in [-0.39, 0.29) is 10.6 Å². The number of benzene rings is 3. The number of methoxy groups -OCH3 is 1. The van der Waals surface area contributed by atoms with Crippen molar-refractivity contribution in [2.45, 2.75) is 11.8 Å². The number of fused-ring (bicyclic) bond motifs is 1. The molecule has 0 fully saturated rings. The summed E-state index contributed by atoms with van der Waals surface area (Å²) in [6.07, 6.45) is 5.58. The minimum absolute atomic E-state index is 0.102. The molecule has 5 nitrogen and oxygen atoms in total. The number of aryl methyl sites for hydroxylation is 1. The third-order valence-electron chi connectivity index (χ3n) is 4.85. The summed E-state index contributed by atoms with van der Waals surface area (Å²) in [5, 5.41) is 0.795. The molecule has 1 heterocycles. The van der Waals surface area contributed by atoms with Crippen LogP contribution in [0, 0.1) is 6.92 Å². The number of hydrogen-bond donors (Lipinski definition) is 0. The Hall–Kier alpha value is -3.64. The van der Waals surface area contributed by atoms with Gasteiger partial charge in [-0.1, -0.05) is 54.1 Å². The van der Waals surface area contributed by atoms with Crippen LogP contribution in [0.15, 0.2) is 83.9 Å². The fraction of sp³-hybridized carbons (Fsp3) is 0.0800. The van der Waals surface area contributed by atoms with E-state index < -0.39 is 10.1 Å². The molecule has 6 heteroatoms. The smallest absolute Gasteiger partial charge is 0.339 e. The molecule has 0 aliphatic carbocycles. The molecule has 0 bridgehead atoms. The van der Waals surface area contributed by atoms with Crippen LogP contribution in [0.25, 0.3) is 23.1 Å². The fourth-order valence-electron chi connectivity index (χ4n) is 3.16. The highest BCUT2D eigenvalue weighted by Gasteiger charge is 2.18. The van der Waals surface area contributed by atoms with E-state index in [0.717, 1.165) is 27.8 Å². The Bertz CT molecular complexity index is 1340. The van der Waals surface area contributed by atoms with Crippen LogP contribution in [0.1, 0.15) is 16.7 Å². The van der Waals surface area contributed by atoms with E-state index in [4.69, 9.17) is 8.92 Å². The van der Waals surface area contributed by atoms with Gasteiger partial charge in [0, 0.05) is 11.6 Å². The van der Waals surface area contributed by atoms with Crippen LogP contribution in [-0.4, -0.2) is 20.5 Å². The molecule has 0 aliphatic heterocycles. The number of para-hydroxylation sites is 1. The van der Waals surface area contributed by atoms with Crippen molar-refractivity contribution in [3.63, 3.8) is 0 Å². The Morgan fingerprint density at radius 1 is 0.871 bits per heavy atom. The molecule has 0 saturated carbocycles. The minimum atomic E-state index is -3.97. The van der Waals surface area contributed by atoms with E-state index in [1.165, 1.54) is 12.1 Å². The van der Waals surface area contributed by atoms with E-state index in [1.807, 2.05) is 55.5 Å². The Morgan fingerprint density at radius 3 is 2.32 bits per heavy atom. The number of aromatic nitrogens is 1. The molecule has 0 amide bonds. The zero-order chi connectivity index (χ0) is 21.8. The van der Waals surface area contributed by atoms with Crippen LogP contribution in [0.2, 0.25) is 0 Å². The highest BCUT2D eigenvalue weighted by molar-refractivity contribution is 7.87. The molecule has 0 saturated heterocycles. The zero-order valence-electron chi connectivity index (χ0n) is 17.1. The molecule has 4 aromatic rings. The summed E-state index contributed by atoms with van der Waals surface area (Å²) in [7, 11) is -2.33. The van der Waals surface area contributed by atoms with Crippen LogP contribution in [0.5, 0.6) is 11.5 Å². The number of pyridine rings is 1. The number of nitrogens with zero attached hydrogens (tertiary/aromatic N) is 1. The maximum atomic E-state index is 12.7. The second kappa shape index (κ2) is 8.62. The predicted molar refractivity (Wildman–Crippen MR) is 123 cm³/mol. The molecule has 0 aliphatic rings. The summed E-state index contributed by atoms with van der Waals surface area (Å²) in [6, 6.07) is 21.4. The number of ether oxygens (including phenoxy) is 1. The molecule has 0 atom stereocenters. The molecule has 4 rings (SSSR count). The normalized spacial score (nSPS) is 11.7. The van der Waals surface area contributed by atoms with Crippen LogP contribution in [0.3, 0.4) is 0 Å². The Labute approximate surface area is 181 Å². The van der Waals surface area contributed by atoms with E-state index in [2.05, 4.69) is 4.98 Å². The largest absolute Gasteiger partial charge is 0.497 e. The lowest BCUT2D eigenvalue weighted by molar-refractivity contribution is 0.415. The second-order valence-electron chi connectivity index (χ2n) is 7.01. The molecular weight excluding hydrogens is 410 g/mol. The third kappa shape index (κ3) is 4.59. The van der Waals surface area contributed by atoms with Crippen LogP contribution in [-0.2, 0) is 10.1 Å². The summed E-state index contributed by atoms with van der Waals surface area (Å²) >= 11 is 0. The van der Waals surface area contributed by atoms with Gasteiger partial charge >= 0.3 is 10.1 Å². The van der Waals surface area contributed by atoms with Gasteiger partial charge in [0.05, 0.1) is 7.11 Å². The molecule has 0 radical (unpaired) electrons. The fourth-order valence-corrected chi connectivity index (χ4v) is 4.09. The second-order valence-corrected chi connectivity index (χ2v) is 8.56. The quantitative estimate of drug-likeness (QED) is 0.378. The summed E-state index contributed by atoms with van der Waals surface area (Å²) < 4.78 is 36.1. The summed E-state index contributed by atoms with van der Waals surface area (Å²) in [5.74, 6) is 0.987. The van der Waals surface area contributed by atoms with Gasteiger partial charge in [0.1, 0.15) is 16.2 Å². The first-order chi connectivity index (χ1) is 15.0. The van der Waals surface area contributed by atoms with Crippen molar-refractivity contribution in [3.05, 3.63) is 95.7 Å². The molecule has 0 N–H and O–H groups in total. The first kappa shape index (κ1) is 20.6. The van der Waals surface area contributed by atoms with Gasteiger partial charge < -0.3 is 8.92 Å². The SMILES string of the molecule is COc1ccc(/C=C/c2ccnc3c(OS(=O)(=O)c4ccc(C)cc4)cccc23)cc1. The Kier molecular flexibility index (Phi) is 5.73. The average Bonchev–Trinajstić information content (AvgIpc) is 2.78. The van der Waals surface area contributed by atoms with E-state index in [1.54, 1.807) is 37.6 Å². The minimum Gasteiger partial charge on any atom is -0.497 e. The number of hydrogen-bond acceptors (Lipinski definition) is 5. The molecule has 0 spiro atoms.